The van der Waals surface area contributed by atoms with E-state index >= 15 is 0 Å². The Bertz CT molecular complexity index is 1020. The SMILES string of the molecule is O=C(c1cc(Cl)cc(Cl)c1)N1CC=C(c2c[nH]c3ccc(Cl)cc23)CC1. The van der Waals surface area contributed by atoms with E-state index in [-0.39, 0.29) is 5.91 Å². The van der Waals surface area contributed by atoms with Crippen LogP contribution in [-0.2, 0) is 0 Å². The van der Waals surface area contributed by atoms with E-state index in [1.165, 1.54) is 5.57 Å². The normalized spacial score (nSPS) is 14.6. The van der Waals surface area contributed by atoms with Crippen molar-refractivity contribution in [1.82, 2.24) is 9.88 Å². The van der Waals surface area contributed by atoms with Crippen LogP contribution in [0.3, 0.4) is 0 Å². The standard InChI is InChI=1S/C20H15Cl3N2O/c21-14-1-2-19-17(10-14)18(11-24-19)12-3-5-25(6-4-12)20(26)13-7-15(22)9-16(23)8-13/h1-3,7-11,24H,4-6H2. The quantitative estimate of drug-likeness (QED) is 0.553. The van der Waals surface area contributed by atoms with E-state index < -0.39 is 0 Å². The Morgan fingerprint density at radius 3 is 2.46 bits per heavy atom. The summed E-state index contributed by atoms with van der Waals surface area (Å²) in [5.74, 6) is -0.0633. The maximum absolute atomic E-state index is 12.7. The highest BCUT2D eigenvalue weighted by atomic mass is 35.5. The number of carbonyl (C=O) groups is 1. The summed E-state index contributed by atoms with van der Waals surface area (Å²) in [5, 5.41) is 2.74. The Kier molecular flexibility index (Phi) is 4.70. The molecule has 0 unspecified atom stereocenters. The lowest BCUT2D eigenvalue weighted by atomic mass is 9.98. The summed E-state index contributed by atoms with van der Waals surface area (Å²) in [5.41, 5.74) is 3.92. The van der Waals surface area contributed by atoms with E-state index in [1.54, 1.807) is 23.1 Å². The number of aromatic amines is 1. The third-order valence-corrected chi connectivity index (χ3v) is 5.27. The van der Waals surface area contributed by atoms with Crippen molar-refractivity contribution >= 4 is 57.2 Å². The van der Waals surface area contributed by atoms with Crippen molar-refractivity contribution in [2.45, 2.75) is 6.42 Å². The summed E-state index contributed by atoms with van der Waals surface area (Å²) in [4.78, 5) is 17.8. The molecule has 6 heteroatoms. The molecule has 1 amide bonds. The van der Waals surface area contributed by atoms with Crippen molar-refractivity contribution < 1.29 is 4.79 Å². The fourth-order valence-electron chi connectivity index (χ4n) is 3.32. The van der Waals surface area contributed by atoms with Gasteiger partial charge in [0.15, 0.2) is 0 Å². The molecule has 2 aromatic carbocycles. The van der Waals surface area contributed by atoms with E-state index in [1.807, 2.05) is 24.4 Å². The molecule has 132 valence electrons. The molecule has 1 aliphatic rings. The second kappa shape index (κ2) is 6.99. The van der Waals surface area contributed by atoms with Gasteiger partial charge in [0, 0.05) is 56.4 Å². The average Bonchev–Trinajstić information content (AvgIpc) is 3.03. The monoisotopic (exact) mass is 404 g/mol. The van der Waals surface area contributed by atoms with Crippen LogP contribution in [-0.4, -0.2) is 28.9 Å². The molecular weight excluding hydrogens is 391 g/mol. The first-order valence-corrected chi connectivity index (χ1v) is 9.36. The lowest BCUT2D eigenvalue weighted by Gasteiger charge is -2.26. The number of hydrogen-bond donors (Lipinski definition) is 1. The second-order valence-electron chi connectivity index (χ2n) is 6.28. The number of H-pyrrole nitrogens is 1. The third kappa shape index (κ3) is 3.35. The van der Waals surface area contributed by atoms with Crippen molar-refractivity contribution in [3.05, 3.63) is 74.9 Å². The van der Waals surface area contributed by atoms with Crippen molar-refractivity contribution in [2.75, 3.05) is 13.1 Å². The molecule has 0 saturated heterocycles. The summed E-state index contributed by atoms with van der Waals surface area (Å²) < 4.78 is 0. The average molecular weight is 406 g/mol. The summed E-state index contributed by atoms with van der Waals surface area (Å²) in [7, 11) is 0. The van der Waals surface area contributed by atoms with E-state index in [0.29, 0.717) is 33.7 Å². The van der Waals surface area contributed by atoms with Crippen molar-refractivity contribution in [2.24, 2.45) is 0 Å². The van der Waals surface area contributed by atoms with Crippen LogP contribution in [0.4, 0.5) is 0 Å². The smallest absolute Gasteiger partial charge is 0.254 e. The minimum absolute atomic E-state index is 0.0633. The van der Waals surface area contributed by atoms with Crippen LogP contribution >= 0.6 is 34.8 Å². The van der Waals surface area contributed by atoms with Gasteiger partial charge in [-0.3, -0.25) is 4.79 Å². The van der Waals surface area contributed by atoms with Gasteiger partial charge in [0.1, 0.15) is 0 Å². The molecular formula is C20H15Cl3N2O. The second-order valence-corrected chi connectivity index (χ2v) is 7.59. The molecule has 0 aliphatic carbocycles. The zero-order valence-corrected chi connectivity index (χ0v) is 16.0. The summed E-state index contributed by atoms with van der Waals surface area (Å²) in [6.45, 7) is 1.19. The third-order valence-electron chi connectivity index (χ3n) is 4.60. The fourth-order valence-corrected chi connectivity index (χ4v) is 4.01. The Hall–Kier alpha value is -1.94. The van der Waals surface area contributed by atoms with Crippen LogP contribution in [0.5, 0.6) is 0 Å². The predicted octanol–water partition coefficient (Wildman–Crippen LogP) is 6.06. The van der Waals surface area contributed by atoms with Gasteiger partial charge in [-0.25, -0.2) is 0 Å². The lowest BCUT2D eigenvalue weighted by Crippen LogP contribution is -2.34. The Labute approximate surface area is 166 Å². The number of aromatic nitrogens is 1. The van der Waals surface area contributed by atoms with Gasteiger partial charge in [-0.2, -0.15) is 0 Å². The fraction of sp³-hybridized carbons (Fsp3) is 0.150. The number of benzene rings is 2. The molecule has 0 bridgehead atoms. The Morgan fingerprint density at radius 1 is 1.00 bits per heavy atom. The number of hydrogen-bond acceptors (Lipinski definition) is 1. The van der Waals surface area contributed by atoms with E-state index in [0.717, 1.165) is 22.9 Å². The topological polar surface area (TPSA) is 36.1 Å². The first-order chi connectivity index (χ1) is 12.5. The molecule has 0 atom stereocenters. The van der Waals surface area contributed by atoms with Gasteiger partial charge in [0.25, 0.3) is 5.91 Å². The maximum Gasteiger partial charge on any atom is 0.254 e. The Balaban J connectivity index is 1.58. The molecule has 0 fully saturated rings. The van der Waals surface area contributed by atoms with Gasteiger partial charge in [0.2, 0.25) is 0 Å². The van der Waals surface area contributed by atoms with Crippen LogP contribution in [0.1, 0.15) is 22.3 Å². The molecule has 0 radical (unpaired) electrons. The number of amides is 1. The van der Waals surface area contributed by atoms with Crippen LogP contribution in [0.25, 0.3) is 16.5 Å². The highest BCUT2D eigenvalue weighted by Crippen LogP contribution is 2.31. The molecule has 3 aromatic rings. The summed E-state index contributed by atoms with van der Waals surface area (Å²) >= 11 is 18.2. The van der Waals surface area contributed by atoms with Crippen LogP contribution < -0.4 is 0 Å². The van der Waals surface area contributed by atoms with Gasteiger partial charge < -0.3 is 9.88 Å². The minimum atomic E-state index is -0.0633. The molecule has 4 rings (SSSR count). The van der Waals surface area contributed by atoms with Gasteiger partial charge in [-0.15, -0.1) is 0 Å². The number of halogens is 3. The molecule has 26 heavy (non-hydrogen) atoms. The first-order valence-electron chi connectivity index (χ1n) is 8.23. The van der Waals surface area contributed by atoms with Crippen LogP contribution in [0.15, 0.2) is 48.7 Å². The van der Waals surface area contributed by atoms with Crippen molar-refractivity contribution in [3.63, 3.8) is 0 Å². The zero-order valence-electron chi connectivity index (χ0n) is 13.7. The number of rotatable bonds is 2. The van der Waals surface area contributed by atoms with E-state index in [2.05, 4.69) is 11.1 Å². The number of fused-ring (bicyclic) bond motifs is 1. The van der Waals surface area contributed by atoms with Gasteiger partial charge in [-0.05, 0) is 48.4 Å². The highest BCUT2D eigenvalue weighted by molar-refractivity contribution is 6.35. The van der Waals surface area contributed by atoms with Gasteiger partial charge >= 0.3 is 0 Å². The predicted molar refractivity (Wildman–Crippen MR) is 108 cm³/mol. The van der Waals surface area contributed by atoms with Crippen molar-refractivity contribution in [1.29, 1.82) is 0 Å². The molecule has 0 saturated carbocycles. The maximum atomic E-state index is 12.7. The number of nitrogens with one attached hydrogen (secondary N) is 1. The van der Waals surface area contributed by atoms with E-state index in [9.17, 15) is 4.79 Å². The molecule has 3 nitrogen and oxygen atoms in total. The number of nitrogens with zero attached hydrogens (tertiary/aromatic N) is 1. The zero-order chi connectivity index (χ0) is 18.3. The lowest BCUT2D eigenvalue weighted by molar-refractivity contribution is 0.0773. The minimum Gasteiger partial charge on any atom is -0.361 e. The molecule has 1 aromatic heterocycles. The molecule has 1 aliphatic heterocycles. The largest absolute Gasteiger partial charge is 0.361 e. The van der Waals surface area contributed by atoms with Gasteiger partial charge in [0.05, 0.1) is 0 Å². The summed E-state index contributed by atoms with van der Waals surface area (Å²) in [6, 6.07) is 10.7. The molecule has 0 spiro atoms. The van der Waals surface area contributed by atoms with Gasteiger partial charge in [-0.1, -0.05) is 40.9 Å². The molecule has 1 N–H and O–H groups in total. The van der Waals surface area contributed by atoms with Crippen molar-refractivity contribution in [3.8, 4) is 0 Å². The Morgan fingerprint density at radius 2 is 1.77 bits per heavy atom. The molecule has 2 heterocycles. The van der Waals surface area contributed by atoms with Crippen LogP contribution in [0.2, 0.25) is 15.1 Å². The van der Waals surface area contributed by atoms with E-state index in [4.69, 9.17) is 34.8 Å². The summed E-state index contributed by atoms with van der Waals surface area (Å²) in [6.07, 6.45) is 4.87. The highest BCUT2D eigenvalue weighted by Gasteiger charge is 2.21. The number of carbonyl (C=O) groups excluding carboxylic acids is 1. The first kappa shape index (κ1) is 17.5. The van der Waals surface area contributed by atoms with Crippen LogP contribution in [0, 0.1) is 0 Å².